The molecule has 0 N–H and O–H groups in total. The summed E-state index contributed by atoms with van der Waals surface area (Å²) >= 11 is 4.16. The number of thiol groups is 1. The van der Waals surface area contributed by atoms with Gasteiger partial charge in [-0.1, -0.05) is 0 Å². The first-order chi connectivity index (χ1) is 6.30. The quantitative estimate of drug-likeness (QED) is 0.530. The van der Waals surface area contributed by atoms with Crippen LogP contribution in [0.3, 0.4) is 0 Å². The molecule has 0 aromatic rings. The number of urea groups is 1. The van der Waals surface area contributed by atoms with Crippen molar-refractivity contribution in [2.75, 3.05) is 6.54 Å². The maximum atomic E-state index is 11.8. The molecular formula is C9H16N2O2S. The summed E-state index contributed by atoms with van der Waals surface area (Å²) in [6, 6.07) is -0.245. The minimum Gasteiger partial charge on any atom is -0.299 e. The van der Waals surface area contributed by atoms with Gasteiger partial charge in [-0.3, -0.25) is 14.6 Å². The summed E-state index contributed by atoms with van der Waals surface area (Å²) in [6.07, 6.45) is 0. The van der Waals surface area contributed by atoms with E-state index in [9.17, 15) is 9.59 Å². The van der Waals surface area contributed by atoms with Gasteiger partial charge in [0.25, 0.3) is 5.91 Å². The monoisotopic (exact) mass is 216 g/mol. The molecule has 1 saturated heterocycles. The van der Waals surface area contributed by atoms with E-state index in [2.05, 4.69) is 12.6 Å². The van der Waals surface area contributed by atoms with Gasteiger partial charge in [0, 0.05) is 12.1 Å². The lowest BCUT2D eigenvalue weighted by molar-refractivity contribution is -0.126. The summed E-state index contributed by atoms with van der Waals surface area (Å²) in [7, 11) is 0. The zero-order valence-electron chi connectivity index (χ0n) is 8.94. The van der Waals surface area contributed by atoms with Crippen molar-refractivity contribution in [2.24, 2.45) is 0 Å². The number of carbonyl (C=O) groups is 2. The third kappa shape index (κ3) is 1.61. The van der Waals surface area contributed by atoms with E-state index in [0.29, 0.717) is 6.54 Å². The third-order valence-corrected chi connectivity index (χ3v) is 2.66. The molecular weight excluding hydrogens is 200 g/mol. The van der Waals surface area contributed by atoms with E-state index in [0.717, 1.165) is 0 Å². The molecule has 4 nitrogen and oxygen atoms in total. The summed E-state index contributed by atoms with van der Waals surface area (Å²) < 4.78 is 0. The fourth-order valence-electron chi connectivity index (χ4n) is 1.52. The average molecular weight is 216 g/mol. The Hall–Kier alpha value is -0.710. The van der Waals surface area contributed by atoms with Crippen molar-refractivity contribution in [1.82, 2.24) is 9.80 Å². The number of hydrogen-bond donors (Lipinski definition) is 1. The molecule has 0 bridgehead atoms. The fourth-order valence-corrected chi connectivity index (χ4v) is 2.11. The predicted molar refractivity (Wildman–Crippen MR) is 57.1 cm³/mol. The van der Waals surface area contributed by atoms with Gasteiger partial charge in [-0.05, 0) is 27.7 Å². The van der Waals surface area contributed by atoms with Crippen molar-refractivity contribution >= 4 is 24.6 Å². The summed E-state index contributed by atoms with van der Waals surface area (Å²) in [4.78, 5) is 26.1. The van der Waals surface area contributed by atoms with E-state index in [-0.39, 0.29) is 17.5 Å². The standard InChI is InChI=1S/C9H16N2O2S/c1-5-10-6(12)7(14)11(8(10)13)9(2,3)4/h7,14H,5H2,1-4H3. The van der Waals surface area contributed by atoms with Crippen molar-refractivity contribution in [1.29, 1.82) is 0 Å². The molecule has 0 spiro atoms. The van der Waals surface area contributed by atoms with Gasteiger partial charge in [0.05, 0.1) is 0 Å². The van der Waals surface area contributed by atoms with E-state index in [4.69, 9.17) is 0 Å². The van der Waals surface area contributed by atoms with Crippen molar-refractivity contribution in [3.8, 4) is 0 Å². The second-order valence-electron chi connectivity index (χ2n) is 4.28. The van der Waals surface area contributed by atoms with E-state index in [1.54, 1.807) is 6.92 Å². The molecule has 0 radical (unpaired) electrons. The molecule has 3 amide bonds. The largest absolute Gasteiger partial charge is 0.328 e. The lowest BCUT2D eigenvalue weighted by Gasteiger charge is -2.32. The van der Waals surface area contributed by atoms with Crippen molar-refractivity contribution in [3.05, 3.63) is 0 Å². The second-order valence-corrected chi connectivity index (χ2v) is 4.77. The number of nitrogens with zero attached hydrogens (tertiary/aromatic N) is 2. The molecule has 0 aromatic carbocycles. The van der Waals surface area contributed by atoms with Crippen molar-refractivity contribution < 1.29 is 9.59 Å². The van der Waals surface area contributed by atoms with Crippen LogP contribution in [0.15, 0.2) is 0 Å². The number of amides is 3. The number of likely N-dealkylation sites (N-methyl/N-ethyl adjacent to an activating group) is 1. The topological polar surface area (TPSA) is 40.6 Å². The molecule has 1 atom stereocenters. The van der Waals surface area contributed by atoms with E-state index in [1.165, 1.54) is 9.80 Å². The Bertz CT molecular complexity index is 272. The van der Waals surface area contributed by atoms with E-state index in [1.807, 2.05) is 20.8 Å². The number of hydrogen-bond acceptors (Lipinski definition) is 3. The van der Waals surface area contributed by atoms with Gasteiger partial charge in [-0.2, -0.15) is 0 Å². The highest BCUT2D eigenvalue weighted by molar-refractivity contribution is 7.81. The molecule has 1 unspecified atom stereocenters. The highest BCUT2D eigenvalue weighted by Gasteiger charge is 2.46. The van der Waals surface area contributed by atoms with Crippen molar-refractivity contribution in [3.63, 3.8) is 0 Å². The van der Waals surface area contributed by atoms with E-state index < -0.39 is 5.37 Å². The van der Waals surface area contributed by atoms with Gasteiger partial charge < -0.3 is 0 Å². The maximum Gasteiger partial charge on any atom is 0.328 e. The Morgan fingerprint density at radius 1 is 1.36 bits per heavy atom. The van der Waals surface area contributed by atoms with Gasteiger partial charge in [-0.15, -0.1) is 12.6 Å². The van der Waals surface area contributed by atoms with Crippen LogP contribution in [0.2, 0.25) is 0 Å². The smallest absolute Gasteiger partial charge is 0.299 e. The Balaban J connectivity index is 3.01. The molecule has 14 heavy (non-hydrogen) atoms. The third-order valence-electron chi connectivity index (χ3n) is 2.21. The van der Waals surface area contributed by atoms with E-state index >= 15 is 0 Å². The summed E-state index contributed by atoms with van der Waals surface area (Å²) in [5.74, 6) is -0.226. The Morgan fingerprint density at radius 3 is 2.07 bits per heavy atom. The van der Waals surface area contributed by atoms with Gasteiger partial charge in [0.15, 0.2) is 5.37 Å². The average Bonchev–Trinajstić information content (AvgIpc) is 2.22. The highest BCUT2D eigenvalue weighted by atomic mass is 32.1. The zero-order valence-corrected chi connectivity index (χ0v) is 9.84. The molecule has 1 aliphatic heterocycles. The van der Waals surface area contributed by atoms with Crippen molar-refractivity contribution in [2.45, 2.75) is 38.6 Å². The van der Waals surface area contributed by atoms with Crippen LogP contribution in [0.1, 0.15) is 27.7 Å². The molecule has 0 aliphatic carbocycles. The summed E-state index contributed by atoms with van der Waals surface area (Å²) in [6.45, 7) is 7.85. The molecule has 1 aliphatic rings. The van der Waals surface area contributed by atoms with Crippen LogP contribution < -0.4 is 0 Å². The molecule has 0 saturated carbocycles. The van der Waals surface area contributed by atoms with Crippen LogP contribution in [0, 0.1) is 0 Å². The molecule has 1 fully saturated rings. The van der Waals surface area contributed by atoms with Gasteiger partial charge in [0.1, 0.15) is 0 Å². The van der Waals surface area contributed by atoms with Gasteiger partial charge in [-0.25, -0.2) is 4.79 Å². The zero-order chi connectivity index (χ0) is 11.1. The van der Waals surface area contributed by atoms with Crippen LogP contribution >= 0.6 is 12.6 Å². The number of rotatable bonds is 1. The Labute approximate surface area is 89.7 Å². The Morgan fingerprint density at radius 2 is 1.86 bits per heavy atom. The SMILES string of the molecule is CCN1C(=O)C(S)N(C(C)(C)C)C1=O. The first-order valence-electron chi connectivity index (χ1n) is 4.63. The number of imide groups is 1. The maximum absolute atomic E-state index is 11.8. The number of carbonyl (C=O) groups excluding carboxylic acids is 2. The molecule has 1 rings (SSSR count). The minimum absolute atomic E-state index is 0.226. The van der Waals surface area contributed by atoms with Crippen LogP contribution in [0.25, 0.3) is 0 Å². The predicted octanol–water partition coefficient (Wildman–Crippen LogP) is 1.32. The first kappa shape index (κ1) is 11.4. The lowest BCUT2D eigenvalue weighted by Crippen LogP contribution is -2.46. The van der Waals surface area contributed by atoms with Crippen LogP contribution in [-0.4, -0.2) is 39.2 Å². The summed E-state index contributed by atoms with van der Waals surface area (Å²) in [5.41, 5.74) is -0.372. The fraction of sp³-hybridized carbons (Fsp3) is 0.778. The van der Waals surface area contributed by atoms with Crippen LogP contribution in [-0.2, 0) is 4.79 Å². The lowest BCUT2D eigenvalue weighted by atomic mass is 10.1. The van der Waals surface area contributed by atoms with Crippen LogP contribution in [0.5, 0.6) is 0 Å². The Kier molecular flexibility index (Phi) is 2.81. The van der Waals surface area contributed by atoms with Gasteiger partial charge in [0.2, 0.25) is 0 Å². The van der Waals surface area contributed by atoms with Gasteiger partial charge >= 0.3 is 6.03 Å². The summed E-state index contributed by atoms with van der Waals surface area (Å²) in [5, 5.41) is -0.637. The molecule has 0 aromatic heterocycles. The molecule has 80 valence electrons. The minimum atomic E-state index is -0.637. The van der Waals surface area contributed by atoms with Crippen LogP contribution in [0.4, 0.5) is 4.79 Å². The second kappa shape index (κ2) is 3.46. The molecule has 5 heteroatoms. The highest BCUT2D eigenvalue weighted by Crippen LogP contribution is 2.28. The normalized spacial score (nSPS) is 23.6. The molecule has 1 heterocycles. The first-order valence-corrected chi connectivity index (χ1v) is 5.15.